The minimum atomic E-state index is -0.286. The summed E-state index contributed by atoms with van der Waals surface area (Å²) < 4.78 is 12.9. The van der Waals surface area contributed by atoms with Crippen molar-refractivity contribution in [2.45, 2.75) is 6.61 Å². The molecule has 7 heteroatoms. The maximum Gasteiger partial charge on any atom is 0.322 e. The van der Waals surface area contributed by atoms with Crippen LogP contribution >= 0.6 is 0 Å². The van der Waals surface area contributed by atoms with Crippen LogP contribution in [0.4, 0.5) is 5.69 Å². The zero-order chi connectivity index (χ0) is 19.2. The van der Waals surface area contributed by atoms with Crippen molar-refractivity contribution in [1.82, 2.24) is 14.6 Å². The van der Waals surface area contributed by atoms with Gasteiger partial charge in [0.25, 0.3) is 5.91 Å². The zero-order valence-corrected chi connectivity index (χ0v) is 15.0. The number of rotatable bonds is 7. The van der Waals surface area contributed by atoms with Crippen LogP contribution in [0.3, 0.4) is 0 Å². The van der Waals surface area contributed by atoms with Crippen LogP contribution in [-0.2, 0) is 11.4 Å². The number of aromatic nitrogens is 3. The van der Waals surface area contributed by atoms with Gasteiger partial charge >= 0.3 is 6.01 Å². The number of fused-ring (bicyclic) bond motifs is 1. The first-order valence-electron chi connectivity index (χ1n) is 8.77. The number of carbonyl (C=O) groups excluding carboxylic acids is 1. The summed E-state index contributed by atoms with van der Waals surface area (Å²) in [4.78, 5) is 12.1. The van der Waals surface area contributed by atoms with Crippen LogP contribution in [0.1, 0.15) is 5.56 Å². The van der Waals surface area contributed by atoms with Gasteiger partial charge in [-0.15, -0.1) is 5.10 Å². The molecule has 0 saturated carbocycles. The fraction of sp³-hybridized carbons (Fsp3) is 0.0952. The Balaban J connectivity index is 1.28. The molecule has 0 radical (unpaired) electrons. The van der Waals surface area contributed by atoms with Gasteiger partial charge in [-0.1, -0.05) is 41.5 Å². The summed E-state index contributed by atoms with van der Waals surface area (Å²) in [7, 11) is 0. The molecule has 0 fully saturated rings. The number of pyridine rings is 1. The Bertz CT molecular complexity index is 1060. The molecular formula is C21H18N4O3. The number of hydrogen-bond donors (Lipinski definition) is 1. The van der Waals surface area contributed by atoms with Crippen molar-refractivity contribution in [1.29, 1.82) is 0 Å². The molecule has 1 N–H and O–H groups in total. The van der Waals surface area contributed by atoms with E-state index in [0.717, 1.165) is 11.3 Å². The molecule has 4 aromatic rings. The molecule has 0 aliphatic carbocycles. The van der Waals surface area contributed by atoms with E-state index in [0.29, 0.717) is 17.9 Å². The molecular weight excluding hydrogens is 356 g/mol. The smallest absolute Gasteiger partial charge is 0.322 e. The van der Waals surface area contributed by atoms with E-state index in [9.17, 15) is 4.79 Å². The molecule has 0 saturated heterocycles. The molecule has 0 atom stereocenters. The van der Waals surface area contributed by atoms with Crippen molar-refractivity contribution < 1.29 is 14.3 Å². The van der Waals surface area contributed by atoms with Gasteiger partial charge in [0, 0.05) is 11.9 Å². The van der Waals surface area contributed by atoms with Crippen molar-refractivity contribution in [3.8, 4) is 11.8 Å². The van der Waals surface area contributed by atoms with Gasteiger partial charge in [0.05, 0.1) is 0 Å². The normalized spacial score (nSPS) is 10.6. The largest absolute Gasteiger partial charge is 0.489 e. The average molecular weight is 374 g/mol. The Kier molecular flexibility index (Phi) is 5.15. The van der Waals surface area contributed by atoms with E-state index in [1.807, 2.05) is 54.6 Å². The molecule has 0 aliphatic rings. The molecule has 2 aromatic carbocycles. The van der Waals surface area contributed by atoms with Gasteiger partial charge in [0.1, 0.15) is 12.4 Å². The molecule has 7 nitrogen and oxygen atoms in total. The predicted octanol–water partition coefficient (Wildman–Crippen LogP) is 3.33. The number of benzene rings is 2. The third-order valence-corrected chi connectivity index (χ3v) is 4.00. The Hall–Kier alpha value is -3.87. The fourth-order valence-corrected chi connectivity index (χ4v) is 2.62. The van der Waals surface area contributed by atoms with E-state index >= 15 is 0 Å². The number of nitrogens with zero attached hydrogens (tertiary/aromatic N) is 3. The van der Waals surface area contributed by atoms with Crippen LogP contribution in [0.2, 0.25) is 0 Å². The maximum atomic E-state index is 12.1. The number of nitrogens with one attached hydrogen (secondary N) is 1. The van der Waals surface area contributed by atoms with Crippen molar-refractivity contribution in [2.24, 2.45) is 0 Å². The van der Waals surface area contributed by atoms with Crippen molar-refractivity contribution >= 4 is 17.2 Å². The third-order valence-electron chi connectivity index (χ3n) is 4.00. The van der Waals surface area contributed by atoms with E-state index in [1.165, 1.54) is 0 Å². The van der Waals surface area contributed by atoms with Gasteiger partial charge < -0.3 is 14.8 Å². The van der Waals surface area contributed by atoms with Gasteiger partial charge in [-0.3, -0.25) is 9.20 Å². The summed E-state index contributed by atoms with van der Waals surface area (Å²) >= 11 is 0. The Morgan fingerprint density at radius 3 is 2.50 bits per heavy atom. The lowest BCUT2D eigenvalue weighted by atomic mass is 10.2. The molecule has 0 aliphatic heterocycles. The van der Waals surface area contributed by atoms with E-state index < -0.39 is 0 Å². The Morgan fingerprint density at radius 1 is 0.893 bits per heavy atom. The van der Waals surface area contributed by atoms with E-state index in [2.05, 4.69) is 15.5 Å². The number of anilines is 1. The molecule has 0 spiro atoms. The number of carbonyl (C=O) groups is 1. The van der Waals surface area contributed by atoms with Crippen LogP contribution < -0.4 is 14.8 Å². The second-order valence-corrected chi connectivity index (χ2v) is 6.05. The van der Waals surface area contributed by atoms with Crippen LogP contribution in [0.15, 0.2) is 79.0 Å². The lowest BCUT2D eigenvalue weighted by Gasteiger charge is -2.09. The molecule has 28 heavy (non-hydrogen) atoms. The average Bonchev–Trinajstić information content (AvgIpc) is 3.16. The standard InChI is InChI=1S/C21H18N4O3/c26-20(15-28-21-24-23-19-8-4-5-13-25(19)21)22-17-9-11-18(12-10-17)27-14-16-6-2-1-3-7-16/h1-13H,14-15H2,(H,22,26). The molecule has 2 heterocycles. The zero-order valence-electron chi connectivity index (χ0n) is 15.0. The summed E-state index contributed by atoms with van der Waals surface area (Å²) in [5, 5.41) is 10.7. The molecule has 0 unspecified atom stereocenters. The topological polar surface area (TPSA) is 77.8 Å². The number of amides is 1. The maximum absolute atomic E-state index is 12.1. The summed E-state index contributed by atoms with van der Waals surface area (Å²) in [5.41, 5.74) is 2.41. The van der Waals surface area contributed by atoms with Gasteiger partial charge in [0.15, 0.2) is 12.3 Å². The second kappa shape index (κ2) is 8.22. The van der Waals surface area contributed by atoms with Crippen LogP contribution in [0, 0.1) is 0 Å². The SMILES string of the molecule is O=C(COc1nnc2ccccn12)Nc1ccc(OCc2ccccc2)cc1. The summed E-state index contributed by atoms with van der Waals surface area (Å²) in [6, 6.07) is 22.9. The highest BCUT2D eigenvalue weighted by Crippen LogP contribution is 2.17. The van der Waals surface area contributed by atoms with Gasteiger partial charge in [0.2, 0.25) is 0 Å². The van der Waals surface area contributed by atoms with E-state index in [-0.39, 0.29) is 18.5 Å². The van der Waals surface area contributed by atoms with Crippen LogP contribution in [0.5, 0.6) is 11.8 Å². The summed E-state index contributed by atoms with van der Waals surface area (Å²) in [6.07, 6.45) is 1.77. The van der Waals surface area contributed by atoms with Gasteiger partial charge in [-0.25, -0.2) is 0 Å². The van der Waals surface area contributed by atoms with Crippen LogP contribution in [0.25, 0.3) is 5.65 Å². The highest BCUT2D eigenvalue weighted by molar-refractivity contribution is 5.91. The molecule has 0 bridgehead atoms. The minimum Gasteiger partial charge on any atom is -0.489 e. The Morgan fingerprint density at radius 2 is 1.68 bits per heavy atom. The van der Waals surface area contributed by atoms with Crippen molar-refractivity contribution in [3.63, 3.8) is 0 Å². The first-order valence-corrected chi connectivity index (χ1v) is 8.77. The lowest BCUT2D eigenvalue weighted by molar-refractivity contribution is -0.118. The first-order chi connectivity index (χ1) is 13.8. The monoisotopic (exact) mass is 374 g/mol. The fourth-order valence-electron chi connectivity index (χ4n) is 2.62. The quantitative estimate of drug-likeness (QED) is 0.537. The van der Waals surface area contributed by atoms with E-state index in [4.69, 9.17) is 9.47 Å². The lowest BCUT2D eigenvalue weighted by Crippen LogP contribution is -2.20. The second-order valence-electron chi connectivity index (χ2n) is 6.05. The number of hydrogen-bond acceptors (Lipinski definition) is 5. The van der Waals surface area contributed by atoms with Gasteiger partial charge in [-0.05, 0) is 42.0 Å². The van der Waals surface area contributed by atoms with Crippen LogP contribution in [-0.4, -0.2) is 27.1 Å². The third kappa shape index (κ3) is 4.27. The molecule has 4 rings (SSSR count). The highest BCUT2D eigenvalue weighted by Gasteiger charge is 2.09. The Labute approximate surface area is 161 Å². The summed E-state index contributed by atoms with van der Waals surface area (Å²) in [6.45, 7) is 0.328. The van der Waals surface area contributed by atoms with Gasteiger partial charge in [-0.2, -0.15) is 0 Å². The molecule has 140 valence electrons. The minimum absolute atomic E-state index is 0.165. The molecule has 2 aromatic heterocycles. The molecule has 1 amide bonds. The predicted molar refractivity (Wildman–Crippen MR) is 104 cm³/mol. The first kappa shape index (κ1) is 17.5. The highest BCUT2D eigenvalue weighted by atomic mass is 16.5. The summed E-state index contributed by atoms with van der Waals surface area (Å²) in [5.74, 6) is 0.443. The van der Waals surface area contributed by atoms with Crippen molar-refractivity contribution in [2.75, 3.05) is 11.9 Å². The van der Waals surface area contributed by atoms with E-state index in [1.54, 1.807) is 28.8 Å². The van der Waals surface area contributed by atoms with Crippen molar-refractivity contribution in [3.05, 3.63) is 84.6 Å². The number of ether oxygens (including phenoxy) is 2.